The fourth-order valence-corrected chi connectivity index (χ4v) is 3.87. The molecule has 11 heavy (non-hydrogen) atoms. The Kier molecular flexibility index (Phi) is 0.961. The predicted octanol–water partition coefficient (Wildman–Crippen LogP) is 1.87. The second-order valence-electron chi connectivity index (χ2n) is 4.62. The Morgan fingerprint density at radius 3 is 2.18 bits per heavy atom. The number of rotatable bonds is 1. The summed E-state index contributed by atoms with van der Waals surface area (Å²) in [7, 11) is 0. The van der Waals surface area contributed by atoms with Crippen LogP contribution < -0.4 is 0 Å². The molecule has 0 heterocycles. The highest BCUT2D eigenvalue weighted by Gasteiger charge is 2.66. The topological polar surface area (TPSA) is 17.1 Å². The minimum absolute atomic E-state index is 0.469. The van der Waals surface area contributed by atoms with Crippen LogP contribution in [-0.2, 0) is 4.79 Å². The second kappa shape index (κ2) is 1.70. The van der Waals surface area contributed by atoms with Gasteiger partial charge in [0.1, 0.15) is 5.78 Å². The minimum Gasteiger partial charge on any atom is -0.300 e. The molecule has 60 valence electrons. The van der Waals surface area contributed by atoms with E-state index in [2.05, 4.69) is 0 Å². The van der Waals surface area contributed by atoms with Crippen molar-refractivity contribution in [2.45, 2.75) is 26.2 Å². The molecule has 0 aromatic rings. The Morgan fingerprint density at radius 1 is 1.18 bits per heavy atom. The number of hydrogen-bond donors (Lipinski definition) is 0. The molecule has 3 aliphatic carbocycles. The van der Waals surface area contributed by atoms with Crippen LogP contribution in [-0.4, -0.2) is 5.78 Å². The molecule has 0 aliphatic heterocycles. The largest absolute Gasteiger partial charge is 0.300 e. The van der Waals surface area contributed by atoms with Crippen molar-refractivity contribution in [2.75, 3.05) is 0 Å². The summed E-state index contributed by atoms with van der Waals surface area (Å²) in [6.07, 6.45) is 4.31. The van der Waals surface area contributed by atoms with Crippen LogP contribution in [0.1, 0.15) is 26.2 Å². The van der Waals surface area contributed by atoms with Crippen LogP contribution in [0.4, 0.5) is 0 Å². The Balaban J connectivity index is 1.86. The molecular formula is C10H14O. The molecule has 2 bridgehead atoms. The van der Waals surface area contributed by atoms with Crippen molar-refractivity contribution in [3.63, 3.8) is 0 Å². The van der Waals surface area contributed by atoms with Crippen LogP contribution in [0.15, 0.2) is 0 Å². The summed E-state index contributed by atoms with van der Waals surface area (Å²) in [5.41, 5.74) is 0. The van der Waals surface area contributed by atoms with Crippen LogP contribution in [0.3, 0.4) is 0 Å². The summed E-state index contributed by atoms with van der Waals surface area (Å²) in [6, 6.07) is 0. The first-order chi connectivity index (χ1) is 5.29. The summed E-state index contributed by atoms with van der Waals surface area (Å²) in [6.45, 7) is 1.78. The third-order valence-corrected chi connectivity index (χ3v) is 4.20. The van der Waals surface area contributed by atoms with Crippen molar-refractivity contribution in [3.8, 4) is 0 Å². The summed E-state index contributed by atoms with van der Waals surface area (Å²) >= 11 is 0. The van der Waals surface area contributed by atoms with Crippen molar-refractivity contribution in [2.24, 2.45) is 29.6 Å². The van der Waals surface area contributed by atoms with E-state index in [0.29, 0.717) is 11.7 Å². The highest BCUT2D eigenvalue weighted by molar-refractivity contribution is 5.82. The van der Waals surface area contributed by atoms with Crippen LogP contribution in [0.25, 0.3) is 0 Å². The summed E-state index contributed by atoms with van der Waals surface area (Å²) in [4.78, 5) is 11.1. The van der Waals surface area contributed by atoms with Crippen LogP contribution in [0, 0.1) is 29.6 Å². The Labute approximate surface area is 67.2 Å². The Bertz CT molecular complexity index is 205. The molecule has 3 rings (SSSR count). The van der Waals surface area contributed by atoms with E-state index in [1.807, 2.05) is 0 Å². The fourth-order valence-electron chi connectivity index (χ4n) is 3.87. The third kappa shape index (κ3) is 0.605. The number of hydrogen-bond acceptors (Lipinski definition) is 1. The average Bonchev–Trinajstić information content (AvgIpc) is 2.44. The maximum Gasteiger partial charge on any atom is 0.133 e. The van der Waals surface area contributed by atoms with Gasteiger partial charge in [-0.25, -0.2) is 0 Å². The zero-order chi connectivity index (χ0) is 7.59. The van der Waals surface area contributed by atoms with E-state index >= 15 is 0 Å². The first-order valence-corrected chi connectivity index (χ1v) is 4.79. The number of Topliss-reactive ketones (excluding diaryl/α,β-unsaturated/α-hetero) is 1. The number of carbonyl (C=O) groups is 1. The first kappa shape index (κ1) is 6.22. The number of carbonyl (C=O) groups excluding carboxylic acids is 1. The van der Waals surface area contributed by atoms with Gasteiger partial charge in [0, 0.05) is 5.92 Å². The highest BCUT2D eigenvalue weighted by atomic mass is 16.1. The van der Waals surface area contributed by atoms with Gasteiger partial charge in [0.05, 0.1) is 0 Å². The monoisotopic (exact) mass is 150 g/mol. The molecule has 3 saturated carbocycles. The molecule has 4 atom stereocenters. The lowest BCUT2D eigenvalue weighted by atomic mass is 10.0. The fraction of sp³-hybridized carbons (Fsp3) is 0.900. The van der Waals surface area contributed by atoms with Crippen LogP contribution >= 0.6 is 0 Å². The van der Waals surface area contributed by atoms with Gasteiger partial charge in [-0.1, -0.05) is 0 Å². The zero-order valence-electron chi connectivity index (χ0n) is 6.92. The molecule has 4 unspecified atom stereocenters. The van der Waals surface area contributed by atoms with Crippen molar-refractivity contribution >= 4 is 5.78 Å². The average molecular weight is 150 g/mol. The third-order valence-electron chi connectivity index (χ3n) is 4.20. The highest BCUT2D eigenvalue weighted by Crippen LogP contribution is 2.69. The molecule has 0 N–H and O–H groups in total. The molecule has 0 aromatic heterocycles. The number of fused-ring (bicyclic) bond motifs is 5. The van der Waals surface area contributed by atoms with E-state index in [1.165, 1.54) is 19.3 Å². The van der Waals surface area contributed by atoms with Gasteiger partial charge in [-0.3, -0.25) is 4.79 Å². The van der Waals surface area contributed by atoms with E-state index in [4.69, 9.17) is 0 Å². The smallest absolute Gasteiger partial charge is 0.133 e. The van der Waals surface area contributed by atoms with Gasteiger partial charge < -0.3 is 0 Å². The summed E-state index contributed by atoms with van der Waals surface area (Å²) in [5, 5.41) is 0. The maximum absolute atomic E-state index is 11.1. The zero-order valence-corrected chi connectivity index (χ0v) is 6.92. The van der Waals surface area contributed by atoms with E-state index in [0.717, 1.165) is 23.7 Å². The van der Waals surface area contributed by atoms with Gasteiger partial charge in [-0.05, 0) is 49.9 Å². The molecule has 0 aromatic carbocycles. The maximum atomic E-state index is 11.1. The normalized spacial score (nSPS) is 57.7. The molecule has 1 nitrogen and oxygen atoms in total. The first-order valence-electron chi connectivity index (χ1n) is 4.79. The summed E-state index contributed by atoms with van der Waals surface area (Å²) < 4.78 is 0. The quantitative estimate of drug-likeness (QED) is 0.557. The SMILES string of the molecule is CC(=O)C1C2C3CCC(C3)C12. The van der Waals surface area contributed by atoms with Gasteiger partial charge in [0.25, 0.3) is 0 Å². The minimum atomic E-state index is 0.469. The molecular weight excluding hydrogens is 136 g/mol. The van der Waals surface area contributed by atoms with Crippen molar-refractivity contribution in [3.05, 3.63) is 0 Å². The summed E-state index contributed by atoms with van der Waals surface area (Å²) in [5.74, 6) is 4.60. The lowest BCUT2D eigenvalue weighted by Gasteiger charge is -2.04. The van der Waals surface area contributed by atoms with Crippen LogP contribution in [0.5, 0.6) is 0 Å². The molecule has 3 fully saturated rings. The second-order valence-corrected chi connectivity index (χ2v) is 4.62. The molecule has 0 saturated heterocycles. The molecule has 0 radical (unpaired) electrons. The van der Waals surface area contributed by atoms with Gasteiger partial charge in [0.2, 0.25) is 0 Å². The van der Waals surface area contributed by atoms with Gasteiger partial charge in [-0.2, -0.15) is 0 Å². The molecule has 0 amide bonds. The Hall–Kier alpha value is -0.330. The van der Waals surface area contributed by atoms with Gasteiger partial charge in [-0.15, -0.1) is 0 Å². The predicted molar refractivity (Wildman–Crippen MR) is 42.0 cm³/mol. The molecule has 0 spiro atoms. The van der Waals surface area contributed by atoms with Crippen molar-refractivity contribution in [1.82, 2.24) is 0 Å². The number of ketones is 1. The lowest BCUT2D eigenvalue weighted by molar-refractivity contribution is -0.119. The van der Waals surface area contributed by atoms with E-state index < -0.39 is 0 Å². The van der Waals surface area contributed by atoms with E-state index in [1.54, 1.807) is 6.92 Å². The van der Waals surface area contributed by atoms with Crippen molar-refractivity contribution < 1.29 is 4.79 Å². The lowest BCUT2D eigenvalue weighted by Crippen LogP contribution is -2.05. The Morgan fingerprint density at radius 2 is 1.73 bits per heavy atom. The van der Waals surface area contributed by atoms with Crippen LogP contribution in [0.2, 0.25) is 0 Å². The van der Waals surface area contributed by atoms with Gasteiger partial charge >= 0.3 is 0 Å². The van der Waals surface area contributed by atoms with E-state index in [-0.39, 0.29) is 0 Å². The van der Waals surface area contributed by atoms with Gasteiger partial charge in [0.15, 0.2) is 0 Å². The van der Waals surface area contributed by atoms with Crippen molar-refractivity contribution in [1.29, 1.82) is 0 Å². The molecule has 3 aliphatic rings. The standard InChI is InChI=1S/C10H14O/c1-5(11)8-9-6-2-3-7(4-6)10(8)9/h6-10H,2-4H2,1H3. The molecule has 1 heteroatoms. The van der Waals surface area contributed by atoms with E-state index in [9.17, 15) is 4.79 Å².